The summed E-state index contributed by atoms with van der Waals surface area (Å²) in [6.07, 6.45) is 1.64. The molecule has 162 valence electrons. The van der Waals surface area contributed by atoms with Gasteiger partial charge in [-0.05, 0) is 54.6 Å². The second kappa shape index (κ2) is 10.9. The molecule has 0 spiro atoms. The summed E-state index contributed by atoms with van der Waals surface area (Å²) in [5.74, 6) is 0.275. The Labute approximate surface area is 189 Å². The average molecular weight is 461 g/mol. The first-order valence-electron chi connectivity index (χ1n) is 9.60. The number of nitrogens with zero attached hydrogens (tertiary/aromatic N) is 1. The number of rotatable bonds is 9. The van der Waals surface area contributed by atoms with Crippen LogP contribution in [0, 0.1) is 0 Å². The molecule has 1 saturated heterocycles. The van der Waals surface area contributed by atoms with Crippen LogP contribution in [0.4, 0.5) is 4.79 Å². The van der Waals surface area contributed by atoms with Crippen LogP contribution in [0.15, 0.2) is 53.4 Å². The van der Waals surface area contributed by atoms with E-state index in [1.807, 2.05) is 13.0 Å². The quantitative estimate of drug-likeness (QED) is 0.570. The van der Waals surface area contributed by atoms with E-state index in [1.54, 1.807) is 48.5 Å². The van der Waals surface area contributed by atoms with Crippen molar-refractivity contribution < 1.29 is 23.9 Å². The van der Waals surface area contributed by atoms with E-state index in [1.165, 1.54) is 0 Å². The third-order valence-electron chi connectivity index (χ3n) is 4.21. The minimum atomic E-state index is -0.388. The first-order chi connectivity index (χ1) is 15.0. The first-order valence-corrected chi connectivity index (χ1v) is 10.8. The lowest BCUT2D eigenvalue weighted by atomic mass is 10.2. The van der Waals surface area contributed by atoms with E-state index >= 15 is 0 Å². The normalized spacial score (nSPS) is 14.8. The Bertz CT molecular complexity index is 994. The van der Waals surface area contributed by atoms with Gasteiger partial charge in [0.1, 0.15) is 0 Å². The lowest BCUT2D eigenvalue weighted by Gasteiger charge is -2.14. The van der Waals surface area contributed by atoms with Crippen molar-refractivity contribution >= 4 is 46.5 Å². The van der Waals surface area contributed by atoms with Gasteiger partial charge in [-0.2, -0.15) is 0 Å². The maximum atomic E-state index is 12.5. The Hall–Kier alpha value is -2.97. The average Bonchev–Trinajstić information content (AvgIpc) is 3.02. The Kier molecular flexibility index (Phi) is 7.97. The zero-order chi connectivity index (χ0) is 22.2. The van der Waals surface area contributed by atoms with Crippen molar-refractivity contribution in [1.82, 2.24) is 10.2 Å². The fourth-order valence-corrected chi connectivity index (χ4v) is 3.74. The number of hydrogen-bond acceptors (Lipinski definition) is 6. The van der Waals surface area contributed by atoms with Crippen LogP contribution in [0.25, 0.3) is 6.08 Å². The summed E-state index contributed by atoms with van der Waals surface area (Å²) in [5.41, 5.74) is 0.771. The van der Waals surface area contributed by atoms with Gasteiger partial charge >= 0.3 is 0 Å². The zero-order valence-corrected chi connectivity index (χ0v) is 18.4. The van der Waals surface area contributed by atoms with E-state index < -0.39 is 0 Å². The van der Waals surface area contributed by atoms with Crippen LogP contribution in [-0.4, -0.2) is 48.3 Å². The predicted molar refractivity (Wildman–Crippen MR) is 120 cm³/mol. The molecule has 1 aliphatic rings. The molecular weight excluding hydrogens is 440 g/mol. The predicted octanol–water partition coefficient (Wildman–Crippen LogP) is 3.97. The number of imide groups is 1. The number of thioether (sulfide) groups is 1. The van der Waals surface area contributed by atoms with E-state index in [0.29, 0.717) is 28.0 Å². The number of para-hydroxylation sites is 2. The smallest absolute Gasteiger partial charge is 0.293 e. The maximum absolute atomic E-state index is 12.5. The molecule has 31 heavy (non-hydrogen) atoms. The van der Waals surface area contributed by atoms with Crippen LogP contribution < -0.4 is 14.8 Å². The van der Waals surface area contributed by atoms with Gasteiger partial charge in [-0.3, -0.25) is 19.3 Å². The Balaban J connectivity index is 1.48. The molecule has 1 N–H and O–H groups in total. The summed E-state index contributed by atoms with van der Waals surface area (Å²) in [5, 5.41) is 2.86. The first kappa shape index (κ1) is 22.7. The van der Waals surface area contributed by atoms with Gasteiger partial charge in [-0.1, -0.05) is 35.9 Å². The second-order valence-electron chi connectivity index (χ2n) is 6.40. The summed E-state index contributed by atoms with van der Waals surface area (Å²) in [4.78, 5) is 38.2. The number of nitrogens with one attached hydrogen (secondary N) is 1. The fraction of sp³-hybridized carbons (Fsp3) is 0.227. The summed E-state index contributed by atoms with van der Waals surface area (Å²) in [6, 6.07) is 14.0. The Morgan fingerprint density at radius 3 is 2.45 bits per heavy atom. The highest BCUT2D eigenvalue weighted by Gasteiger charge is 2.34. The molecule has 3 rings (SSSR count). The number of carbonyl (C=O) groups excluding carboxylic acids is 3. The Morgan fingerprint density at radius 1 is 1.10 bits per heavy atom. The highest BCUT2D eigenvalue weighted by molar-refractivity contribution is 8.18. The number of halogens is 1. The Morgan fingerprint density at radius 2 is 1.77 bits per heavy atom. The van der Waals surface area contributed by atoms with Gasteiger partial charge in [0.25, 0.3) is 17.1 Å². The van der Waals surface area contributed by atoms with Crippen molar-refractivity contribution in [2.24, 2.45) is 0 Å². The summed E-state index contributed by atoms with van der Waals surface area (Å²) < 4.78 is 10.9. The molecule has 2 aromatic carbocycles. The summed E-state index contributed by atoms with van der Waals surface area (Å²) >= 11 is 6.73. The van der Waals surface area contributed by atoms with Crippen LogP contribution in [0.3, 0.4) is 0 Å². The highest BCUT2D eigenvalue weighted by Crippen LogP contribution is 2.32. The van der Waals surface area contributed by atoms with Crippen LogP contribution in [0.1, 0.15) is 12.5 Å². The minimum absolute atomic E-state index is 0.0733. The lowest BCUT2D eigenvalue weighted by Crippen LogP contribution is -2.38. The standard InChI is InChI=1S/C22H21ClN2O5S/c1-2-29-17-5-3-4-6-18(17)30-14-20(26)24-11-12-25-21(27)19(31-22(25)28)13-15-7-9-16(23)10-8-15/h3-10,13H,2,11-12,14H2,1H3,(H,24,26). The molecule has 0 aliphatic carbocycles. The van der Waals surface area contributed by atoms with Crippen LogP contribution in [0.5, 0.6) is 11.5 Å². The molecule has 0 bridgehead atoms. The molecule has 1 aliphatic heterocycles. The maximum Gasteiger partial charge on any atom is 0.293 e. The number of amides is 3. The fourth-order valence-electron chi connectivity index (χ4n) is 2.75. The van der Waals surface area contributed by atoms with E-state index in [9.17, 15) is 14.4 Å². The van der Waals surface area contributed by atoms with Crippen LogP contribution in [-0.2, 0) is 9.59 Å². The van der Waals surface area contributed by atoms with Gasteiger partial charge in [0.15, 0.2) is 18.1 Å². The zero-order valence-electron chi connectivity index (χ0n) is 16.8. The number of ether oxygens (including phenoxy) is 2. The number of benzene rings is 2. The van der Waals surface area contributed by atoms with Crippen LogP contribution in [0.2, 0.25) is 5.02 Å². The highest BCUT2D eigenvalue weighted by atomic mass is 35.5. The van der Waals surface area contributed by atoms with Crippen molar-refractivity contribution in [3.63, 3.8) is 0 Å². The summed E-state index contributed by atoms with van der Waals surface area (Å²) in [6.45, 7) is 2.34. The second-order valence-corrected chi connectivity index (χ2v) is 7.83. The molecular formula is C22H21ClN2O5S. The minimum Gasteiger partial charge on any atom is -0.490 e. The van der Waals surface area contributed by atoms with Gasteiger partial charge in [0, 0.05) is 18.1 Å². The monoisotopic (exact) mass is 460 g/mol. The van der Waals surface area contributed by atoms with Crippen molar-refractivity contribution in [2.75, 3.05) is 26.3 Å². The molecule has 1 heterocycles. The molecule has 0 radical (unpaired) electrons. The van der Waals surface area contributed by atoms with Crippen molar-refractivity contribution in [3.8, 4) is 11.5 Å². The molecule has 0 aromatic heterocycles. The third-order valence-corrected chi connectivity index (χ3v) is 5.37. The van der Waals surface area contributed by atoms with E-state index in [4.69, 9.17) is 21.1 Å². The molecule has 1 fully saturated rings. The van der Waals surface area contributed by atoms with Gasteiger partial charge < -0.3 is 14.8 Å². The van der Waals surface area contributed by atoms with Crippen LogP contribution >= 0.6 is 23.4 Å². The van der Waals surface area contributed by atoms with Crippen molar-refractivity contribution in [2.45, 2.75) is 6.92 Å². The van der Waals surface area contributed by atoms with E-state index in [0.717, 1.165) is 22.2 Å². The third kappa shape index (κ3) is 6.26. The van der Waals surface area contributed by atoms with Gasteiger partial charge in [-0.15, -0.1) is 0 Å². The van der Waals surface area contributed by atoms with Gasteiger partial charge in [0.05, 0.1) is 11.5 Å². The molecule has 9 heteroatoms. The molecule has 0 atom stereocenters. The van der Waals surface area contributed by atoms with Gasteiger partial charge in [0.2, 0.25) is 0 Å². The lowest BCUT2D eigenvalue weighted by molar-refractivity contribution is -0.125. The molecule has 7 nitrogen and oxygen atoms in total. The topological polar surface area (TPSA) is 84.9 Å². The number of hydrogen-bond donors (Lipinski definition) is 1. The molecule has 0 unspecified atom stereocenters. The van der Waals surface area contributed by atoms with E-state index in [2.05, 4.69) is 5.32 Å². The molecule has 3 amide bonds. The SMILES string of the molecule is CCOc1ccccc1OCC(=O)NCCN1C(=O)SC(=Cc2ccc(Cl)cc2)C1=O. The van der Waals surface area contributed by atoms with E-state index in [-0.39, 0.29) is 36.7 Å². The summed E-state index contributed by atoms with van der Waals surface area (Å²) in [7, 11) is 0. The van der Waals surface area contributed by atoms with Crippen molar-refractivity contribution in [3.05, 3.63) is 64.0 Å². The molecule has 0 saturated carbocycles. The number of carbonyl (C=O) groups is 3. The largest absolute Gasteiger partial charge is 0.490 e. The van der Waals surface area contributed by atoms with Gasteiger partial charge in [-0.25, -0.2) is 0 Å². The van der Waals surface area contributed by atoms with Crippen molar-refractivity contribution in [1.29, 1.82) is 0 Å². The molecule has 2 aromatic rings.